The maximum absolute atomic E-state index is 12.8. The number of alkyl halides is 4. The van der Waals surface area contributed by atoms with Crippen molar-refractivity contribution in [2.45, 2.75) is 71.5 Å². The SMILES string of the molecule is CC.CC(F)COC1CN(S(=O)(=O)N2CCC[C@H](C(=O)N3CCCC3)C2)C1.O=CNCc1ccc(C(F)(F)F)cc1.[HH]. The van der Waals surface area contributed by atoms with E-state index in [9.17, 15) is 35.6 Å². The highest BCUT2D eigenvalue weighted by molar-refractivity contribution is 7.86. The highest BCUT2D eigenvalue weighted by Gasteiger charge is 2.43. The predicted octanol–water partition coefficient (Wildman–Crippen LogP) is 3.85. The van der Waals surface area contributed by atoms with E-state index in [0.29, 0.717) is 24.9 Å². The van der Waals surface area contributed by atoms with Gasteiger partial charge in [0, 0.05) is 47.2 Å². The van der Waals surface area contributed by atoms with E-state index in [-0.39, 0.29) is 52.1 Å². The molecule has 3 saturated heterocycles. The molecule has 1 unspecified atom stereocenters. The predicted molar refractivity (Wildman–Crippen MR) is 149 cm³/mol. The maximum atomic E-state index is 12.8. The standard InChI is InChI=1S/C16H28FN3O4S.C9H8F3NO.C2H6.H2/c1-13(17)12-24-15-10-20(11-15)25(22,23)19-8-4-5-14(9-19)16(21)18-6-2-3-7-18;10-9(11,12)8-3-1-7(2-4-8)5-13-6-14;1-2;/h13-15H,2-12H2,1H3;1-4,6H,5H2,(H,13,14);1-2H3;1H/t13?,14-;;;/m0.../s1. The van der Waals surface area contributed by atoms with Crippen LogP contribution < -0.4 is 5.32 Å². The van der Waals surface area contributed by atoms with Crippen molar-refractivity contribution in [2.75, 3.05) is 45.9 Å². The second-order valence-electron chi connectivity index (χ2n) is 9.98. The van der Waals surface area contributed by atoms with Crippen molar-refractivity contribution in [3.8, 4) is 0 Å². The number of rotatable bonds is 9. The van der Waals surface area contributed by atoms with Crippen molar-refractivity contribution < 1.29 is 41.7 Å². The summed E-state index contributed by atoms with van der Waals surface area (Å²) >= 11 is 0. The summed E-state index contributed by atoms with van der Waals surface area (Å²) in [5, 5.41) is 2.36. The first-order valence-electron chi connectivity index (χ1n) is 14.0. The quantitative estimate of drug-likeness (QED) is 0.338. The molecule has 4 rings (SSSR count). The molecule has 9 nitrogen and oxygen atoms in total. The van der Waals surface area contributed by atoms with E-state index in [4.69, 9.17) is 4.74 Å². The number of nitrogens with one attached hydrogen (secondary N) is 1. The first-order valence-corrected chi connectivity index (χ1v) is 15.4. The Morgan fingerprint density at radius 2 is 1.68 bits per heavy atom. The summed E-state index contributed by atoms with van der Waals surface area (Å²) in [4.78, 5) is 24.3. The fourth-order valence-electron chi connectivity index (χ4n) is 4.65. The van der Waals surface area contributed by atoms with Crippen LogP contribution in [0.5, 0.6) is 0 Å². The maximum Gasteiger partial charge on any atom is 0.416 e. The van der Waals surface area contributed by atoms with E-state index in [1.54, 1.807) is 0 Å². The Morgan fingerprint density at radius 1 is 1.07 bits per heavy atom. The number of ether oxygens (including phenoxy) is 1. The molecule has 41 heavy (non-hydrogen) atoms. The monoisotopic (exact) mass is 612 g/mol. The molecule has 1 aromatic carbocycles. The molecular weight excluding hydrogens is 568 g/mol. The number of likely N-dealkylation sites (tertiary alicyclic amines) is 1. The van der Waals surface area contributed by atoms with E-state index in [1.165, 1.54) is 27.7 Å². The molecule has 0 spiro atoms. The molecule has 0 aromatic heterocycles. The van der Waals surface area contributed by atoms with Gasteiger partial charge >= 0.3 is 6.18 Å². The van der Waals surface area contributed by atoms with E-state index in [0.717, 1.165) is 44.5 Å². The lowest BCUT2D eigenvalue weighted by Gasteiger charge is -2.42. The fourth-order valence-corrected chi connectivity index (χ4v) is 6.41. The van der Waals surface area contributed by atoms with Gasteiger partial charge in [0.1, 0.15) is 6.17 Å². The number of hydrogen-bond donors (Lipinski definition) is 1. The average Bonchev–Trinajstić information content (AvgIpc) is 3.47. The molecule has 2 atom stereocenters. The van der Waals surface area contributed by atoms with Gasteiger partial charge in [-0.15, -0.1) is 0 Å². The highest BCUT2D eigenvalue weighted by Crippen LogP contribution is 2.29. The van der Waals surface area contributed by atoms with Crippen LogP contribution in [0.1, 0.15) is 59.0 Å². The van der Waals surface area contributed by atoms with Gasteiger partial charge in [-0.25, -0.2) is 4.39 Å². The normalized spacial score (nSPS) is 21.0. The largest absolute Gasteiger partial charge is 0.416 e. The molecule has 1 aromatic rings. The third-order valence-electron chi connectivity index (χ3n) is 6.85. The Balaban J connectivity index is 0.000000444. The molecule has 2 amide bonds. The van der Waals surface area contributed by atoms with Crippen LogP contribution in [0.2, 0.25) is 0 Å². The summed E-state index contributed by atoms with van der Waals surface area (Å²) in [6.45, 7) is 8.47. The minimum atomic E-state index is -4.31. The Kier molecular flexibility index (Phi) is 13.9. The van der Waals surface area contributed by atoms with Crippen LogP contribution in [0.15, 0.2) is 24.3 Å². The van der Waals surface area contributed by atoms with Gasteiger partial charge in [0.25, 0.3) is 10.2 Å². The van der Waals surface area contributed by atoms with Gasteiger partial charge in [0.2, 0.25) is 12.3 Å². The number of amides is 2. The van der Waals surface area contributed by atoms with Crippen LogP contribution >= 0.6 is 0 Å². The van der Waals surface area contributed by atoms with Crippen LogP contribution in [0.25, 0.3) is 0 Å². The average molecular weight is 613 g/mol. The summed E-state index contributed by atoms with van der Waals surface area (Å²) in [5.74, 6) is -0.138. The zero-order valence-electron chi connectivity index (χ0n) is 23.9. The van der Waals surface area contributed by atoms with Gasteiger partial charge in [0.15, 0.2) is 0 Å². The number of halogens is 4. The van der Waals surface area contributed by atoms with Gasteiger partial charge in [-0.2, -0.15) is 30.2 Å². The molecule has 3 fully saturated rings. The van der Waals surface area contributed by atoms with E-state index >= 15 is 0 Å². The van der Waals surface area contributed by atoms with E-state index < -0.39 is 28.1 Å². The number of piperidine rings is 1. The van der Waals surface area contributed by atoms with E-state index in [1.807, 2.05) is 18.7 Å². The lowest BCUT2D eigenvalue weighted by molar-refractivity contribution is -0.137. The van der Waals surface area contributed by atoms with Crippen molar-refractivity contribution in [1.29, 1.82) is 0 Å². The molecule has 0 bridgehead atoms. The smallest absolute Gasteiger partial charge is 0.372 e. The Morgan fingerprint density at radius 3 is 2.22 bits per heavy atom. The topological polar surface area (TPSA) is 99.3 Å². The first-order chi connectivity index (χ1) is 19.4. The minimum Gasteiger partial charge on any atom is -0.372 e. The third-order valence-corrected chi connectivity index (χ3v) is 8.79. The Labute approximate surface area is 241 Å². The van der Waals surface area contributed by atoms with Gasteiger partial charge in [0.05, 0.1) is 24.2 Å². The van der Waals surface area contributed by atoms with Gasteiger partial charge in [-0.3, -0.25) is 9.59 Å². The molecule has 236 valence electrons. The van der Waals surface area contributed by atoms with Gasteiger partial charge in [-0.1, -0.05) is 26.0 Å². The Bertz CT molecular complexity index is 1050. The lowest BCUT2D eigenvalue weighted by Crippen LogP contribution is -2.60. The van der Waals surface area contributed by atoms with Crippen LogP contribution in [0.3, 0.4) is 0 Å². The lowest BCUT2D eigenvalue weighted by atomic mass is 9.98. The molecule has 3 aliphatic rings. The van der Waals surface area contributed by atoms with Crippen molar-refractivity contribution >= 4 is 22.5 Å². The molecular formula is C27H44F4N4O5S. The van der Waals surface area contributed by atoms with Crippen molar-refractivity contribution in [3.63, 3.8) is 0 Å². The summed E-state index contributed by atoms with van der Waals surface area (Å²) in [5.41, 5.74) is -0.0579. The highest BCUT2D eigenvalue weighted by atomic mass is 32.2. The van der Waals surface area contributed by atoms with Crippen molar-refractivity contribution in [2.24, 2.45) is 5.92 Å². The van der Waals surface area contributed by atoms with Crippen LogP contribution in [0.4, 0.5) is 17.6 Å². The molecule has 3 aliphatic heterocycles. The summed E-state index contributed by atoms with van der Waals surface area (Å²) in [7, 11) is -3.56. The number of benzene rings is 1. The summed E-state index contributed by atoms with van der Waals surface area (Å²) in [6.07, 6.45) is -1.57. The van der Waals surface area contributed by atoms with E-state index in [2.05, 4.69) is 5.32 Å². The number of carbonyl (C=O) groups excluding carboxylic acids is 2. The zero-order chi connectivity index (χ0) is 30.6. The molecule has 0 radical (unpaired) electrons. The molecule has 0 aliphatic carbocycles. The second kappa shape index (κ2) is 16.4. The third kappa shape index (κ3) is 10.5. The van der Waals surface area contributed by atoms with Crippen molar-refractivity contribution in [3.05, 3.63) is 35.4 Å². The Hall–Kier alpha value is -2.29. The van der Waals surface area contributed by atoms with Crippen LogP contribution in [-0.4, -0.2) is 92.4 Å². The van der Waals surface area contributed by atoms with Gasteiger partial charge < -0.3 is 15.0 Å². The molecule has 0 saturated carbocycles. The zero-order valence-corrected chi connectivity index (χ0v) is 24.7. The number of carbonyl (C=O) groups is 2. The summed E-state index contributed by atoms with van der Waals surface area (Å²) < 4.78 is 82.7. The second-order valence-corrected chi connectivity index (χ2v) is 11.9. The number of nitrogens with zero attached hydrogens (tertiary/aromatic N) is 3. The van der Waals surface area contributed by atoms with Crippen LogP contribution in [0, 0.1) is 5.92 Å². The molecule has 14 heteroatoms. The molecule has 3 heterocycles. The molecule has 1 N–H and O–H groups in total. The fraction of sp³-hybridized carbons (Fsp3) is 0.704. The van der Waals surface area contributed by atoms with Crippen molar-refractivity contribution in [1.82, 2.24) is 18.8 Å². The first kappa shape index (κ1) is 34.9. The summed E-state index contributed by atoms with van der Waals surface area (Å²) in [6, 6.07) is 4.64. The van der Waals surface area contributed by atoms with Crippen LogP contribution in [-0.2, 0) is 37.3 Å². The van der Waals surface area contributed by atoms with Gasteiger partial charge in [-0.05, 0) is 50.3 Å². The number of hydrogen-bond acceptors (Lipinski definition) is 5. The minimum absolute atomic E-state index is 0.